The Balaban J connectivity index is 1.20. The number of benzene rings is 2. The Kier molecular flexibility index (Phi) is 4.45. The molecule has 0 aromatic heterocycles. The van der Waals surface area contributed by atoms with Crippen LogP contribution in [0.5, 0.6) is 0 Å². The molecule has 0 saturated carbocycles. The van der Waals surface area contributed by atoms with Crippen LogP contribution < -0.4 is 5.32 Å². The van der Waals surface area contributed by atoms with Crippen molar-refractivity contribution >= 4 is 0 Å². The van der Waals surface area contributed by atoms with E-state index in [0.717, 1.165) is 19.1 Å². The van der Waals surface area contributed by atoms with Gasteiger partial charge in [0.1, 0.15) is 0 Å². The van der Waals surface area contributed by atoms with Crippen molar-refractivity contribution in [3.63, 3.8) is 0 Å². The molecule has 1 aliphatic heterocycles. The minimum Gasteiger partial charge on any atom is -0.313 e. The zero-order chi connectivity index (χ0) is 15.5. The molecule has 2 aromatic rings. The van der Waals surface area contributed by atoms with Crippen molar-refractivity contribution in [2.24, 2.45) is 0 Å². The number of nitrogens with one attached hydrogen (secondary N) is 1. The van der Waals surface area contributed by atoms with Gasteiger partial charge in [-0.05, 0) is 48.9 Å². The minimum atomic E-state index is 0.648. The van der Waals surface area contributed by atoms with Gasteiger partial charge in [-0.25, -0.2) is 0 Å². The van der Waals surface area contributed by atoms with E-state index in [4.69, 9.17) is 0 Å². The first-order valence-electron chi connectivity index (χ1n) is 8.96. The summed E-state index contributed by atoms with van der Waals surface area (Å²) >= 11 is 0. The molecule has 0 spiro atoms. The summed E-state index contributed by atoms with van der Waals surface area (Å²) in [6.45, 7) is 3.52. The number of rotatable bonds is 6. The van der Waals surface area contributed by atoms with E-state index < -0.39 is 0 Å². The molecule has 2 nitrogen and oxygen atoms in total. The minimum absolute atomic E-state index is 0.648. The van der Waals surface area contributed by atoms with Crippen molar-refractivity contribution in [2.75, 3.05) is 13.1 Å². The molecule has 1 saturated heterocycles. The maximum Gasteiger partial charge on any atom is 0.0236 e. The van der Waals surface area contributed by atoms with Crippen LogP contribution in [-0.4, -0.2) is 30.1 Å². The predicted molar refractivity (Wildman–Crippen MR) is 95.5 cm³/mol. The lowest BCUT2D eigenvalue weighted by atomic mass is 9.98. The highest BCUT2D eigenvalue weighted by molar-refractivity contribution is 5.33. The summed E-state index contributed by atoms with van der Waals surface area (Å²) in [6.07, 6.45) is 5.04. The van der Waals surface area contributed by atoms with Gasteiger partial charge in [-0.3, -0.25) is 4.90 Å². The summed E-state index contributed by atoms with van der Waals surface area (Å²) in [6, 6.07) is 21.2. The monoisotopic (exact) mass is 306 g/mol. The molecule has 2 aromatic carbocycles. The van der Waals surface area contributed by atoms with Gasteiger partial charge in [0.2, 0.25) is 0 Å². The molecule has 1 N–H and O–H groups in total. The molecule has 0 radical (unpaired) electrons. The Labute approximate surface area is 139 Å². The molecule has 120 valence electrons. The predicted octanol–water partition coefficient (Wildman–Crippen LogP) is 3.41. The van der Waals surface area contributed by atoms with E-state index in [2.05, 4.69) is 64.8 Å². The van der Waals surface area contributed by atoms with Crippen LogP contribution in [0.15, 0.2) is 54.6 Å². The topological polar surface area (TPSA) is 15.3 Å². The van der Waals surface area contributed by atoms with Gasteiger partial charge in [0, 0.05) is 25.2 Å². The molecule has 23 heavy (non-hydrogen) atoms. The second-order valence-electron chi connectivity index (χ2n) is 7.02. The van der Waals surface area contributed by atoms with Crippen molar-refractivity contribution in [1.29, 1.82) is 0 Å². The fourth-order valence-electron chi connectivity index (χ4n) is 4.00. The van der Waals surface area contributed by atoms with Crippen LogP contribution >= 0.6 is 0 Å². The molecule has 0 bridgehead atoms. The van der Waals surface area contributed by atoms with Crippen LogP contribution in [0.2, 0.25) is 0 Å². The third-order valence-corrected chi connectivity index (χ3v) is 5.46. The van der Waals surface area contributed by atoms with Crippen molar-refractivity contribution in [3.8, 4) is 0 Å². The van der Waals surface area contributed by atoms with Gasteiger partial charge in [0.15, 0.2) is 0 Å². The Morgan fingerprint density at radius 2 is 1.61 bits per heavy atom. The SMILES string of the molecule is c1ccc(CN2CCC2CCNC2Cc3ccccc3C2)cc1. The van der Waals surface area contributed by atoms with Gasteiger partial charge in [0.25, 0.3) is 0 Å². The molecule has 0 amide bonds. The fourth-order valence-corrected chi connectivity index (χ4v) is 4.00. The summed E-state index contributed by atoms with van der Waals surface area (Å²) in [4.78, 5) is 2.63. The largest absolute Gasteiger partial charge is 0.313 e. The molecule has 1 unspecified atom stereocenters. The molecule has 1 aliphatic carbocycles. The quantitative estimate of drug-likeness (QED) is 0.880. The number of nitrogens with zero attached hydrogens (tertiary/aromatic N) is 1. The number of likely N-dealkylation sites (tertiary alicyclic amines) is 1. The Hall–Kier alpha value is -1.64. The smallest absolute Gasteiger partial charge is 0.0236 e. The Bertz CT molecular complexity index is 612. The van der Waals surface area contributed by atoms with Crippen molar-refractivity contribution in [1.82, 2.24) is 10.2 Å². The van der Waals surface area contributed by atoms with E-state index in [-0.39, 0.29) is 0 Å². The van der Waals surface area contributed by atoms with Crippen LogP contribution in [0.25, 0.3) is 0 Å². The van der Waals surface area contributed by atoms with E-state index in [1.807, 2.05) is 0 Å². The lowest BCUT2D eigenvalue weighted by Gasteiger charge is -2.41. The molecule has 1 fully saturated rings. The standard InChI is InChI=1S/C21H26N2/c1-2-6-17(7-3-1)16-23-13-11-21(23)10-12-22-20-14-18-8-4-5-9-19(18)15-20/h1-9,20-22H,10-16H2. The third kappa shape index (κ3) is 3.49. The highest BCUT2D eigenvalue weighted by Gasteiger charge is 2.28. The molecular formula is C21H26N2. The molecule has 1 atom stereocenters. The molecule has 2 heteroatoms. The number of hydrogen-bond donors (Lipinski definition) is 1. The van der Waals surface area contributed by atoms with Gasteiger partial charge in [-0.2, -0.15) is 0 Å². The first kappa shape index (κ1) is 14.9. The van der Waals surface area contributed by atoms with Gasteiger partial charge in [-0.15, -0.1) is 0 Å². The first-order valence-corrected chi connectivity index (χ1v) is 8.96. The average Bonchev–Trinajstić information content (AvgIpc) is 2.99. The van der Waals surface area contributed by atoms with Crippen LogP contribution in [0.1, 0.15) is 29.5 Å². The zero-order valence-electron chi connectivity index (χ0n) is 13.7. The van der Waals surface area contributed by atoms with Gasteiger partial charge < -0.3 is 5.32 Å². The fraction of sp³-hybridized carbons (Fsp3) is 0.429. The van der Waals surface area contributed by atoms with E-state index in [9.17, 15) is 0 Å². The summed E-state index contributed by atoms with van der Waals surface area (Å²) in [5, 5.41) is 3.79. The van der Waals surface area contributed by atoms with Gasteiger partial charge in [0.05, 0.1) is 0 Å². The lowest BCUT2D eigenvalue weighted by molar-refractivity contribution is 0.0749. The maximum absolute atomic E-state index is 3.79. The molecule has 1 heterocycles. The molecule has 4 rings (SSSR count). The Morgan fingerprint density at radius 1 is 0.913 bits per heavy atom. The van der Waals surface area contributed by atoms with Crippen molar-refractivity contribution in [3.05, 3.63) is 71.3 Å². The summed E-state index contributed by atoms with van der Waals surface area (Å²) < 4.78 is 0. The lowest BCUT2D eigenvalue weighted by Crippen LogP contribution is -2.48. The molecular weight excluding hydrogens is 280 g/mol. The van der Waals surface area contributed by atoms with E-state index in [1.54, 1.807) is 11.1 Å². The first-order chi connectivity index (χ1) is 11.4. The zero-order valence-corrected chi connectivity index (χ0v) is 13.7. The second kappa shape index (κ2) is 6.86. The highest BCUT2D eigenvalue weighted by atomic mass is 15.2. The van der Waals surface area contributed by atoms with E-state index in [1.165, 1.54) is 37.8 Å². The maximum atomic E-state index is 3.79. The van der Waals surface area contributed by atoms with Crippen LogP contribution in [-0.2, 0) is 19.4 Å². The Morgan fingerprint density at radius 3 is 2.26 bits per heavy atom. The number of fused-ring (bicyclic) bond motifs is 1. The highest BCUT2D eigenvalue weighted by Crippen LogP contribution is 2.24. The van der Waals surface area contributed by atoms with Gasteiger partial charge in [-0.1, -0.05) is 54.6 Å². The summed E-state index contributed by atoms with van der Waals surface area (Å²) in [5.41, 5.74) is 4.52. The van der Waals surface area contributed by atoms with Gasteiger partial charge >= 0.3 is 0 Å². The van der Waals surface area contributed by atoms with Crippen LogP contribution in [0, 0.1) is 0 Å². The van der Waals surface area contributed by atoms with Crippen LogP contribution in [0.4, 0.5) is 0 Å². The van der Waals surface area contributed by atoms with Crippen molar-refractivity contribution in [2.45, 2.75) is 44.3 Å². The summed E-state index contributed by atoms with van der Waals surface area (Å²) in [5.74, 6) is 0. The number of hydrogen-bond acceptors (Lipinski definition) is 2. The average molecular weight is 306 g/mol. The normalized spacial score (nSPS) is 21.1. The van der Waals surface area contributed by atoms with Crippen molar-refractivity contribution < 1.29 is 0 Å². The summed E-state index contributed by atoms with van der Waals surface area (Å²) in [7, 11) is 0. The van der Waals surface area contributed by atoms with E-state index in [0.29, 0.717) is 6.04 Å². The molecule has 2 aliphatic rings. The third-order valence-electron chi connectivity index (χ3n) is 5.46. The second-order valence-corrected chi connectivity index (χ2v) is 7.02. The van der Waals surface area contributed by atoms with Crippen LogP contribution in [0.3, 0.4) is 0 Å². The van der Waals surface area contributed by atoms with E-state index >= 15 is 0 Å².